The third-order valence-corrected chi connectivity index (χ3v) is 12.0. The van der Waals surface area contributed by atoms with Crippen LogP contribution in [0.3, 0.4) is 0 Å². The molecule has 7 unspecified atom stereocenters. The van der Waals surface area contributed by atoms with Gasteiger partial charge in [0.15, 0.2) is 0 Å². The number of aliphatic hydroxyl groups excluding tert-OH is 2. The predicted octanol–water partition coefficient (Wildman–Crippen LogP) is 9.44. The number of oxime groups is 1. The van der Waals surface area contributed by atoms with Gasteiger partial charge in [-0.2, -0.15) is 0 Å². The fourth-order valence-corrected chi connectivity index (χ4v) is 9.40. The van der Waals surface area contributed by atoms with Crippen LogP contribution in [0.5, 0.6) is 17.2 Å². The standard InChI is InChI=1S/C47H65N3O11/c1-6-22-49(45(53)57-31-46(3,4)5)41-30-39(48-61-42-19-10-13-26-56-42)37-27-32(15-8-11-23-51)36(18-9-12-24-52)43-38-29-35(59-34-17-14-16-33(28-34)50(54)55)20-21-40(38)60-47(41,44(37)43)58-25-7-2/h7,14,16-17,20-21,27-29,32,36,41-44,51-52H,2,6,8-13,15,18-19,22-26,30-31H2,1,3-5H3. The summed E-state index contributed by atoms with van der Waals surface area (Å²) in [6.45, 7) is 13.5. The first kappa shape index (κ1) is 46.0. The number of nitrogens with zero attached hydrogens (tertiary/aromatic N) is 3. The number of benzene rings is 2. The van der Waals surface area contributed by atoms with E-state index in [1.807, 2.05) is 39.8 Å². The highest BCUT2D eigenvalue weighted by molar-refractivity contribution is 6.03. The third kappa shape index (κ3) is 10.9. The fourth-order valence-electron chi connectivity index (χ4n) is 9.40. The van der Waals surface area contributed by atoms with E-state index in [2.05, 4.69) is 12.7 Å². The van der Waals surface area contributed by atoms with Crippen LogP contribution in [-0.4, -0.2) is 89.5 Å². The molecule has 2 N–H and O–H groups in total. The lowest BCUT2D eigenvalue weighted by Crippen LogP contribution is -2.70. The molecule has 1 saturated heterocycles. The van der Waals surface area contributed by atoms with Crippen LogP contribution in [0.25, 0.3) is 0 Å². The minimum Gasteiger partial charge on any atom is -0.459 e. The van der Waals surface area contributed by atoms with Gasteiger partial charge in [-0.15, -0.1) is 6.58 Å². The molecule has 2 aliphatic heterocycles. The van der Waals surface area contributed by atoms with Gasteiger partial charge >= 0.3 is 6.09 Å². The number of hydrogen-bond donors (Lipinski definition) is 2. The van der Waals surface area contributed by atoms with Crippen LogP contribution in [-0.2, 0) is 19.0 Å². The number of aliphatic hydroxyl groups is 2. The molecule has 2 heterocycles. The zero-order valence-corrected chi connectivity index (χ0v) is 36.3. The second-order valence-corrected chi connectivity index (χ2v) is 17.8. The van der Waals surface area contributed by atoms with Gasteiger partial charge in [0.2, 0.25) is 12.1 Å². The summed E-state index contributed by atoms with van der Waals surface area (Å²) in [7, 11) is 0. The summed E-state index contributed by atoms with van der Waals surface area (Å²) in [6.07, 6.45) is 10.9. The Labute approximate surface area is 360 Å². The summed E-state index contributed by atoms with van der Waals surface area (Å²) in [6, 6.07) is 10.9. The maximum absolute atomic E-state index is 14.5. The number of non-ortho nitro benzene ring substituents is 1. The van der Waals surface area contributed by atoms with Crippen molar-refractivity contribution in [3.05, 3.63) is 82.4 Å². The Morgan fingerprint density at radius 2 is 1.85 bits per heavy atom. The predicted molar refractivity (Wildman–Crippen MR) is 231 cm³/mol. The minimum absolute atomic E-state index is 0.00326. The number of carbonyl (C=O) groups excluding carboxylic acids is 1. The first-order valence-corrected chi connectivity index (χ1v) is 22.1. The summed E-state index contributed by atoms with van der Waals surface area (Å²) >= 11 is 0. The van der Waals surface area contributed by atoms with Crippen molar-refractivity contribution in [1.29, 1.82) is 0 Å². The van der Waals surface area contributed by atoms with Crippen molar-refractivity contribution in [2.45, 2.75) is 122 Å². The summed E-state index contributed by atoms with van der Waals surface area (Å²) in [5.41, 5.74) is 2.08. The van der Waals surface area contributed by atoms with E-state index < -0.39 is 35.1 Å². The molecule has 2 aromatic rings. The monoisotopic (exact) mass is 847 g/mol. The molecule has 14 nitrogen and oxygen atoms in total. The Morgan fingerprint density at radius 1 is 1.08 bits per heavy atom. The van der Waals surface area contributed by atoms with Crippen molar-refractivity contribution < 1.29 is 48.5 Å². The van der Waals surface area contributed by atoms with E-state index in [-0.39, 0.29) is 61.7 Å². The lowest BCUT2D eigenvalue weighted by atomic mass is 9.55. The molecular formula is C47H65N3O11. The van der Waals surface area contributed by atoms with E-state index in [1.165, 1.54) is 12.1 Å². The summed E-state index contributed by atoms with van der Waals surface area (Å²) in [4.78, 5) is 33.6. The lowest BCUT2D eigenvalue weighted by molar-refractivity contribution is -0.384. The summed E-state index contributed by atoms with van der Waals surface area (Å²) in [5, 5.41) is 36.4. The van der Waals surface area contributed by atoms with Gasteiger partial charge in [0.25, 0.3) is 5.69 Å². The molecule has 61 heavy (non-hydrogen) atoms. The zero-order valence-electron chi connectivity index (χ0n) is 36.3. The van der Waals surface area contributed by atoms with Gasteiger partial charge in [0, 0.05) is 50.1 Å². The molecule has 2 fully saturated rings. The molecule has 1 saturated carbocycles. The minimum atomic E-state index is -1.44. The number of fused-ring (bicyclic) bond motifs is 2. The molecule has 6 rings (SSSR count). The number of hydrogen-bond acceptors (Lipinski definition) is 12. The topological polar surface area (TPSA) is 172 Å². The maximum atomic E-state index is 14.5. The molecule has 2 aromatic carbocycles. The van der Waals surface area contributed by atoms with Crippen molar-refractivity contribution in [3.63, 3.8) is 0 Å². The highest BCUT2D eigenvalue weighted by Crippen LogP contribution is 2.62. The van der Waals surface area contributed by atoms with Crippen LogP contribution in [0.15, 0.2) is 71.9 Å². The van der Waals surface area contributed by atoms with Crippen molar-refractivity contribution in [1.82, 2.24) is 4.90 Å². The molecule has 0 bridgehead atoms. The highest BCUT2D eigenvalue weighted by atomic mass is 16.8. The van der Waals surface area contributed by atoms with Gasteiger partial charge in [-0.1, -0.05) is 63.9 Å². The summed E-state index contributed by atoms with van der Waals surface area (Å²) < 4.78 is 32.7. The van der Waals surface area contributed by atoms with Gasteiger partial charge in [-0.25, -0.2) is 4.79 Å². The Bertz CT molecular complexity index is 1870. The number of amides is 1. The molecule has 0 aromatic heterocycles. The third-order valence-electron chi connectivity index (χ3n) is 12.0. The van der Waals surface area contributed by atoms with Gasteiger partial charge in [0.1, 0.15) is 23.3 Å². The number of ether oxygens (including phenoxy) is 5. The fraction of sp³-hybridized carbons (Fsp3) is 0.617. The lowest BCUT2D eigenvalue weighted by Gasteiger charge is -2.60. The van der Waals surface area contributed by atoms with E-state index in [4.69, 9.17) is 33.7 Å². The molecule has 2 aliphatic carbocycles. The second kappa shape index (κ2) is 21.0. The first-order valence-electron chi connectivity index (χ1n) is 22.1. The molecular weight excluding hydrogens is 783 g/mol. The Hall–Kier alpha value is -4.50. The smallest absolute Gasteiger partial charge is 0.410 e. The quantitative estimate of drug-likeness (QED) is 0.0563. The number of allylic oxidation sites excluding steroid dienone is 1. The Kier molecular flexibility index (Phi) is 15.9. The average Bonchev–Trinajstić information content (AvgIpc) is 3.25. The number of nitro groups is 1. The van der Waals surface area contributed by atoms with Crippen LogP contribution < -0.4 is 9.47 Å². The van der Waals surface area contributed by atoms with Crippen LogP contribution >= 0.6 is 0 Å². The number of unbranched alkanes of at least 4 members (excludes halogenated alkanes) is 2. The molecule has 14 heteroatoms. The van der Waals surface area contributed by atoms with Crippen LogP contribution in [0, 0.1) is 33.3 Å². The number of carbonyl (C=O) groups is 1. The van der Waals surface area contributed by atoms with Crippen molar-refractivity contribution in [2.24, 2.45) is 28.3 Å². The van der Waals surface area contributed by atoms with Gasteiger partial charge < -0.3 is 38.7 Å². The summed E-state index contributed by atoms with van der Waals surface area (Å²) in [5.74, 6) is -0.867. The molecule has 0 spiro atoms. The van der Waals surface area contributed by atoms with E-state index >= 15 is 0 Å². The maximum Gasteiger partial charge on any atom is 0.410 e. The molecule has 7 atom stereocenters. The van der Waals surface area contributed by atoms with Crippen LogP contribution in [0.1, 0.15) is 110 Å². The zero-order chi connectivity index (χ0) is 43.6. The van der Waals surface area contributed by atoms with E-state index in [0.29, 0.717) is 61.8 Å². The van der Waals surface area contributed by atoms with Crippen molar-refractivity contribution in [3.8, 4) is 17.2 Å². The Morgan fingerprint density at radius 3 is 2.54 bits per heavy atom. The van der Waals surface area contributed by atoms with E-state index in [9.17, 15) is 25.1 Å². The molecule has 334 valence electrons. The van der Waals surface area contributed by atoms with E-state index in [1.54, 1.807) is 29.2 Å². The van der Waals surface area contributed by atoms with Gasteiger partial charge in [-0.05, 0) is 92.0 Å². The highest BCUT2D eigenvalue weighted by Gasteiger charge is 2.65. The van der Waals surface area contributed by atoms with Crippen LogP contribution in [0.4, 0.5) is 10.5 Å². The molecule has 4 aliphatic rings. The van der Waals surface area contributed by atoms with Crippen molar-refractivity contribution in [2.75, 3.05) is 39.6 Å². The number of nitro benzene ring substituents is 1. The van der Waals surface area contributed by atoms with E-state index in [0.717, 1.165) is 49.7 Å². The first-order chi connectivity index (χ1) is 29.4. The largest absolute Gasteiger partial charge is 0.459 e. The molecule has 0 radical (unpaired) electrons. The second-order valence-electron chi connectivity index (χ2n) is 17.8. The van der Waals surface area contributed by atoms with Gasteiger partial charge in [-0.3, -0.25) is 15.0 Å². The van der Waals surface area contributed by atoms with Crippen molar-refractivity contribution >= 4 is 17.5 Å². The SMILES string of the molecule is C=CCOC12Oc3ccc(Oc4cccc([N+](=O)[O-])c4)cc3C3C(CCCCO)C(CCCCO)C=C(C(=NOC4CCCCO4)CC1N(CCC)C(=O)OCC(C)(C)C)C32. The van der Waals surface area contributed by atoms with Gasteiger partial charge in [0.05, 0.1) is 42.4 Å². The Balaban J connectivity index is 1.57. The average molecular weight is 848 g/mol. The number of rotatable bonds is 20. The van der Waals surface area contributed by atoms with Crippen LogP contribution in [0.2, 0.25) is 0 Å². The molecule has 1 amide bonds. The normalized spacial score (nSPS) is 26.3.